The van der Waals surface area contributed by atoms with E-state index in [-0.39, 0.29) is 17.6 Å². The van der Waals surface area contributed by atoms with Gasteiger partial charge in [0.25, 0.3) is 0 Å². The lowest BCUT2D eigenvalue weighted by Crippen LogP contribution is -2.60. The molecule has 0 saturated carbocycles. The van der Waals surface area contributed by atoms with Gasteiger partial charge in [0.2, 0.25) is 0 Å². The summed E-state index contributed by atoms with van der Waals surface area (Å²) in [4.78, 5) is 11.2. The van der Waals surface area contributed by atoms with Crippen molar-refractivity contribution in [3.05, 3.63) is 0 Å². The highest BCUT2D eigenvalue weighted by atomic mass is 32.2. The first-order chi connectivity index (χ1) is 7.56. The fraction of sp³-hybridized carbons (Fsp3) is 0.900. The lowest BCUT2D eigenvalue weighted by atomic mass is 9.79. The molecule has 3 nitrogen and oxygen atoms in total. The summed E-state index contributed by atoms with van der Waals surface area (Å²) in [6.45, 7) is 2.47. The van der Waals surface area contributed by atoms with Gasteiger partial charge in [-0.05, 0) is 17.6 Å². The number of hydrogen-bond donors (Lipinski definition) is 2. The van der Waals surface area contributed by atoms with Crippen LogP contribution in [-0.2, 0) is 4.79 Å². The maximum Gasteiger partial charge on any atom is 0.401 e. The van der Waals surface area contributed by atoms with Crippen LogP contribution in [0.4, 0.5) is 13.2 Å². The molecule has 1 fully saturated rings. The van der Waals surface area contributed by atoms with Crippen molar-refractivity contribution < 1.29 is 23.1 Å². The molecule has 0 aliphatic carbocycles. The summed E-state index contributed by atoms with van der Waals surface area (Å²) in [5, 5.41) is 11.4. The van der Waals surface area contributed by atoms with Crippen molar-refractivity contribution in [1.82, 2.24) is 5.32 Å². The number of carboxylic acids is 1. The van der Waals surface area contributed by atoms with Gasteiger partial charge in [0, 0.05) is 5.75 Å². The van der Waals surface area contributed by atoms with Crippen LogP contribution in [0.25, 0.3) is 0 Å². The molecule has 1 rings (SSSR count). The van der Waals surface area contributed by atoms with Crippen LogP contribution in [0.5, 0.6) is 0 Å². The van der Waals surface area contributed by atoms with Crippen LogP contribution >= 0.6 is 11.8 Å². The fourth-order valence-electron chi connectivity index (χ4n) is 2.02. The number of carbonyl (C=O) groups is 1. The molecule has 1 aliphatic rings. The smallest absolute Gasteiger partial charge is 0.401 e. The standard InChI is InChI=1S/C10H16F3NO2S/c1-8(2)3-9(7(15)16,6-17-5-8)14-4-10(11,12)13/h14H,3-6H2,1-2H3,(H,15,16). The Morgan fingerprint density at radius 2 is 2.00 bits per heavy atom. The number of carboxylic acid groups (broad SMARTS) is 1. The number of halogens is 3. The highest BCUT2D eigenvalue weighted by molar-refractivity contribution is 7.99. The third kappa shape index (κ3) is 4.06. The molecule has 1 aliphatic heterocycles. The van der Waals surface area contributed by atoms with E-state index in [1.165, 1.54) is 11.8 Å². The molecule has 0 aromatic rings. The molecule has 0 aromatic carbocycles. The highest BCUT2D eigenvalue weighted by Crippen LogP contribution is 2.39. The molecule has 1 unspecified atom stereocenters. The van der Waals surface area contributed by atoms with Crippen molar-refractivity contribution in [2.75, 3.05) is 18.1 Å². The van der Waals surface area contributed by atoms with Gasteiger partial charge in [-0.15, -0.1) is 0 Å². The van der Waals surface area contributed by atoms with Gasteiger partial charge in [0.05, 0.1) is 6.54 Å². The van der Waals surface area contributed by atoms with Crippen LogP contribution in [0, 0.1) is 5.41 Å². The average Bonchev–Trinajstić information content (AvgIpc) is 2.12. The molecule has 7 heteroatoms. The van der Waals surface area contributed by atoms with Gasteiger partial charge in [0.15, 0.2) is 0 Å². The Morgan fingerprint density at radius 1 is 1.41 bits per heavy atom. The van der Waals surface area contributed by atoms with Crippen molar-refractivity contribution >= 4 is 17.7 Å². The molecule has 1 heterocycles. The van der Waals surface area contributed by atoms with E-state index >= 15 is 0 Å². The molecule has 1 saturated heterocycles. The number of thioether (sulfide) groups is 1. The summed E-state index contributed by atoms with van der Waals surface area (Å²) in [6, 6.07) is 0. The minimum absolute atomic E-state index is 0.168. The number of rotatable bonds is 3. The minimum Gasteiger partial charge on any atom is -0.480 e. The molecule has 0 radical (unpaired) electrons. The van der Waals surface area contributed by atoms with Gasteiger partial charge in [-0.25, -0.2) is 0 Å². The van der Waals surface area contributed by atoms with Gasteiger partial charge in [0.1, 0.15) is 5.54 Å². The number of aliphatic carboxylic acids is 1. The van der Waals surface area contributed by atoms with Gasteiger partial charge < -0.3 is 5.11 Å². The van der Waals surface area contributed by atoms with Crippen LogP contribution in [0.2, 0.25) is 0 Å². The van der Waals surface area contributed by atoms with Crippen molar-refractivity contribution in [1.29, 1.82) is 0 Å². The maximum absolute atomic E-state index is 12.2. The van der Waals surface area contributed by atoms with Crippen LogP contribution < -0.4 is 5.32 Å². The van der Waals surface area contributed by atoms with Gasteiger partial charge in [-0.1, -0.05) is 13.8 Å². The van der Waals surface area contributed by atoms with E-state index in [0.29, 0.717) is 0 Å². The highest BCUT2D eigenvalue weighted by Gasteiger charge is 2.47. The fourth-order valence-corrected chi connectivity index (χ4v) is 3.45. The largest absolute Gasteiger partial charge is 0.480 e. The Morgan fingerprint density at radius 3 is 2.41 bits per heavy atom. The first kappa shape index (κ1) is 14.6. The first-order valence-corrected chi connectivity index (χ1v) is 6.35. The van der Waals surface area contributed by atoms with Crippen molar-refractivity contribution in [3.63, 3.8) is 0 Å². The van der Waals surface area contributed by atoms with E-state index in [1.54, 1.807) is 0 Å². The minimum atomic E-state index is -4.39. The Labute approximate surface area is 102 Å². The van der Waals surface area contributed by atoms with E-state index in [4.69, 9.17) is 0 Å². The molecule has 0 amide bonds. The summed E-state index contributed by atoms with van der Waals surface area (Å²) in [6.07, 6.45) is -4.19. The zero-order chi connectivity index (χ0) is 13.3. The third-order valence-electron chi connectivity index (χ3n) is 2.66. The summed E-state index contributed by atoms with van der Waals surface area (Å²) in [5.74, 6) is -0.278. The molecule has 1 atom stereocenters. The van der Waals surface area contributed by atoms with Crippen molar-refractivity contribution in [2.24, 2.45) is 5.41 Å². The van der Waals surface area contributed by atoms with Gasteiger partial charge in [-0.3, -0.25) is 10.1 Å². The van der Waals surface area contributed by atoms with Crippen LogP contribution in [-0.4, -0.2) is 40.8 Å². The molecular weight excluding hydrogens is 255 g/mol. The monoisotopic (exact) mass is 271 g/mol. The molecule has 0 spiro atoms. The Hall–Kier alpha value is -0.430. The molecule has 2 N–H and O–H groups in total. The van der Waals surface area contributed by atoms with E-state index in [0.717, 1.165) is 5.75 Å². The normalized spacial score (nSPS) is 29.0. The molecule has 0 aromatic heterocycles. The second kappa shape index (κ2) is 4.68. The van der Waals surface area contributed by atoms with Crippen LogP contribution in [0.15, 0.2) is 0 Å². The predicted octanol–water partition coefficient (Wildman–Crippen LogP) is 2.12. The Balaban J connectivity index is 2.79. The Kier molecular flexibility index (Phi) is 4.03. The number of nitrogens with one attached hydrogen (secondary N) is 1. The Bertz CT molecular complexity index is 306. The van der Waals surface area contributed by atoms with Gasteiger partial charge >= 0.3 is 12.1 Å². The lowest BCUT2D eigenvalue weighted by Gasteiger charge is -2.42. The second-order valence-corrected chi connectivity index (χ2v) is 6.18. The summed E-state index contributed by atoms with van der Waals surface area (Å²) < 4.78 is 36.5. The quantitative estimate of drug-likeness (QED) is 0.825. The van der Waals surface area contributed by atoms with Crippen molar-refractivity contribution in [2.45, 2.75) is 32.0 Å². The first-order valence-electron chi connectivity index (χ1n) is 5.19. The molecular formula is C10H16F3NO2S. The zero-order valence-electron chi connectivity index (χ0n) is 9.73. The molecule has 17 heavy (non-hydrogen) atoms. The summed E-state index contributed by atoms with van der Waals surface area (Å²) >= 11 is 1.38. The third-order valence-corrected chi connectivity index (χ3v) is 4.34. The topological polar surface area (TPSA) is 49.3 Å². The maximum atomic E-state index is 12.2. The van der Waals surface area contributed by atoms with Crippen LogP contribution in [0.1, 0.15) is 20.3 Å². The summed E-state index contributed by atoms with van der Waals surface area (Å²) in [5.41, 5.74) is -1.75. The van der Waals surface area contributed by atoms with Crippen LogP contribution in [0.3, 0.4) is 0 Å². The second-order valence-electron chi connectivity index (χ2n) is 5.19. The molecule has 100 valence electrons. The number of hydrogen-bond acceptors (Lipinski definition) is 3. The zero-order valence-corrected chi connectivity index (χ0v) is 10.5. The van der Waals surface area contributed by atoms with E-state index in [1.807, 2.05) is 13.8 Å². The van der Waals surface area contributed by atoms with Crippen molar-refractivity contribution in [3.8, 4) is 0 Å². The predicted molar refractivity (Wildman–Crippen MR) is 60.1 cm³/mol. The SMILES string of the molecule is CC1(C)CSCC(NCC(F)(F)F)(C(=O)O)C1. The molecule has 0 bridgehead atoms. The van der Waals surface area contributed by atoms with E-state index in [2.05, 4.69) is 5.32 Å². The number of alkyl halides is 3. The van der Waals surface area contributed by atoms with E-state index in [9.17, 15) is 23.1 Å². The summed E-state index contributed by atoms with van der Waals surface area (Å²) in [7, 11) is 0. The lowest BCUT2D eigenvalue weighted by molar-refractivity contribution is -0.150. The average molecular weight is 271 g/mol. The van der Waals surface area contributed by atoms with Gasteiger partial charge in [-0.2, -0.15) is 24.9 Å². The van der Waals surface area contributed by atoms with E-state index < -0.39 is 24.2 Å².